The van der Waals surface area contributed by atoms with Crippen LogP contribution in [0.1, 0.15) is 20.3 Å². The summed E-state index contributed by atoms with van der Waals surface area (Å²) < 4.78 is 4.56. The summed E-state index contributed by atoms with van der Waals surface area (Å²) in [5, 5.41) is 7.98. The third-order valence-electron chi connectivity index (χ3n) is 3.77. The smallest absolute Gasteiger partial charge is 0.407 e. The van der Waals surface area contributed by atoms with E-state index in [2.05, 4.69) is 20.5 Å². The number of ether oxygens (including phenoxy) is 1. The van der Waals surface area contributed by atoms with E-state index in [1.54, 1.807) is 38.1 Å². The van der Waals surface area contributed by atoms with Gasteiger partial charge in [0.15, 0.2) is 0 Å². The third kappa shape index (κ3) is 7.85. The number of nitroso groups, excluding NO2 is 1. The molecule has 27 heavy (non-hydrogen) atoms. The molecule has 1 aromatic rings. The topological polar surface area (TPSA) is 117 Å². The molecule has 0 saturated heterocycles. The van der Waals surface area contributed by atoms with Crippen molar-refractivity contribution in [1.29, 1.82) is 0 Å². The molecule has 1 aromatic carbocycles. The van der Waals surface area contributed by atoms with Crippen LogP contribution in [0.5, 0.6) is 0 Å². The second-order valence-corrected chi connectivity index (χ2v) is 6.24. The standard InChI is InChI=1S/C18H26N4O5/c1-13(2)16(21-18(25)27-3)17(24)22(11-7-10-19-26)12-15(23)20-14-8-5-4-6-9-14/h4-6,8-9,13,16H,7,10-12H2,1-3H3,(H,20,23)(H,21,25)/t16-/m0/s1. The van der Waals surface area contributed by atoms with Gasteiger partial charge >= 0.3 is 6.09 Å². The van der Waals surface area contributed by atoms with Crippen molar-refractivity contribution in [2.45, 2.75) is 26.3 Å². The Bertz CT molecular complexity index is 636. The summed E-state index contributed by atoms with van der Waals surface area (Å²) in [6.45, 7) is 3.53. The van der Waals surface area contributed by atoms with Crippen molar-refractivity contribution in [3.63, 3.8) is 0 Å². The van der Waals surface area contributed by atoms with Crippen LogP contribution >= 0.6 is 0 Å². The zero-order chi connectivity index (χ0) is 20.2. The molecule has 148 valence electrons. The van der Waals surface area contributed by atoms with Gasteiger partial charge in [0, 0.05) is 12.2 Å². The van der Waals surface area contributed by atoms with Crippen LogP contribution in [0.2, 0.25) is 0 Å². The fourth-order valence-corrected chi connectivity index (χ4v) is 2.38. The molecule has 0 aliphatic heterocycles. The Morgan fingerprint density at radius 3 is 2.41 bits per heavy atom. The molecular formula is C18H26N4O5. The molecule has 0 fully saturated rings. The van der Waals surface area contributed by atoms with Crippen molar-refractivity contribution in [3.05, 3.63) is 35.2 Å². The summed E-state index contributed by atoms with van der Waals surface area (Å²) >= 11 is 0. The van der Waals surface area contributed by atoms with E-state index in [1.807, 2.05) is 6.07 Å². The maximum atomic E-state index is 12.9. The fourth-order valence-electron chi connectivity index (χ4n) is 2.38. The average Bonchev–Trinajstić information content (AvgIpc) is 2.65. The molecule has 1 rings (SSSR count). The van der Waals surface area contributed by atoms with Gasteiger partial charge in [0.25, 0.3) is 0 Å². The molecule has 0 heterocycles. The van der Waals surface area contributed by atoms with Gasteiger partial charge in [-0.1, -0.05) is 37.2 Å². The number of nitrogens with zero attached hydrogens (tertiary/aromatic N) is 2. The van der Waals surface area contributed by atoms with Crippen molar-refractivity contribution in [1.82, 2.24) is 10.2 Å². The van der Waals surface area contributed by atoms with Gasteiger partial charge < -0.3 is 20.3 Å². The number of hydrogen-bond acceptors (Lipinski definition) is 6. The van der Waals surface area contributed by atoms with Gasteiger partial charge in [-0.2, -0.15) is 4.91 Å². The van der Waals surface area contributed by atoms with Crippen LogP contribution in [0.15, 0.2) is 35.5 Å². The molecule has 0 aliphatic rings. The Kier molecular flexibility index (Phi) is 9.49. The van der Waals surface area contributed by atoms with E-state index in [9.17, 15) is 19.3 Å². The van der Waals surface area contributed by atoms with Crippen LogP contribution in [0.25, 0.3) is 0 Å². The molecule has 0 unspecified atom stereocenters. The molecular weight excluding hydrogens is 352 g/mol. The third-order valence-corrected chi connectivity index (χ3v) is 3.77. The second kappa shape index (κ2) is 11.6. The van der Waals surface area contributed by atoms with E-state index in [4.69, 9.17) is 0 Å². The molecule has 3 amide bonds. The summed E-state index contributed by atoms with van der Waals surface area (Å²) in [7, 11) is 1.21. The van der Waals surface area contributed by atoms with Crippen molar-refractivity contribution < 1.29 is 19.1 Å². The van der Waals surface area contributed by atoms with Crippen molar-refractivity contribution >= 4 is 23.6 Å². The lowest BCUT2D eigenvalue weighted by molar-refractivity contribution is -0.137. The summed E-state index contributed by atoms with van der Waals surface area (Å²) in [5.74, 6) is -1.03. The van der Waals surface area contributed by atoms with Gasteiger partial charge in [-0.15, -0.1) is 0 Å². The second-order valence-electron chi connectivity index (χ2n) is 6.24. The zero-order valence-corrected chi connectivity index (χ0v) is 15.8. The van der Waals surface area contributed by atoms with E-state index in [-0.39, 0.29) is 31.5 Å². The van der Waals surface area contributed by atoms with Gasteiger partial charge in [0.05, 0.1) is 20.2 Å². The Labute approximate surface area is 158 Å². The van der Waals surface area contributed by atoms with Crippen LogP contribution in [-0.2, 0) is 14.3 Å². The predicted octanol–water partition coefficient (Wildman–Crippen LogP) is 1.99. The highest BCUT2D eigenvalue weighted by Gasteiger charge is 2.30. The number of rotatable bonds is 10. The summed E-state index contributed by atoms with van der Waals surface area (Å²) in [4.78, 5) is 48.4. The summed E-state index contributed by atoms with van der Waals surface area (Å²) in [6, 6.07) is 7.99. The number of amides is 3. The first-order valence-electron chi connectivity index (χ1n) is 8.66. The highest BCUT2D eigenvalue weighted by Crippen LogP contribution is 2.09. The van der Waals surface area contributed by atoms with Crippen LogP contribution in [0.3, 0.4) is 0 Å². The maximum absolute atomic E-state index is 12.9. The van der Waals surface area contributed by atoms with Crippen LogP contribution in [0.4, 0.5) is 10.5 Å². The maximum Gasteiger partial charge on any atom is 0.407 e. The predicted molar refractivity (Wildman–Crippen MR) is 101 cm³/mol. The molecule has 0 aliphatic carbocycles. The molecule has 0 bridgehead atoms. The van der Waals surface area contributed by atoms with Crippen LogP contribution in [0, 0.1) is 10.8 Å². The number of alkyl carbamates (subject to hydrolysis) is 1. The number of anilines is 1. The quantitative estimate of drug-likeness (QED) is 0.477. The SMILES string of the molecule is COC(=O)N[C@H](C(=O)N(CCCN=O)CC(=O)Nc1ccccc1)C(C)C. The van der Waals surface area contributed by atoms with Gasteiger partial charge in [-0.25, -0.2) is 4.79 Å². The van der Waals surface area contributed by atoms with E-state index in [1.165, 1.54) is 12.0 Å². The van der Waals surface area contributed by atoms with Crippen LogP contribution < -0.4 is 10.6 Å². The molecule has 0 radical (unpaired) electrons. The highest BCUT2D eigenvalue weighted by molar-refractivity contribution is 5.95. The monoisotopic (exact) mass is 378 g/mol. The number of carbonyl (C=O) groups is 3. The zero-order valence-electron chi connectivity index (χ0n) is 15.8. The van der Waals surface area contributed by atoms with E-state index in [0.717, 1.165) is 0 Å². The normalized spacial score (nSPS) is 11.4. The molecule has 0 spiro atoms. The molecule has 1 atom stereocenters. The number of methoxy groups -OCH3 is 1. The average molecular weight is 378 g/mol. The summed E-state index contributed by atoms with van der Waals surface area (Å²) in [6.07, 6.45) is -0.415. The van der Waals surface area contributed by atoms with E-state index >= 15 is 0 Å². The van der Waals surface area contributed by atoms with Crippen LogP contribution in [-0.4, -0.2) is 55.6 Å². The molecule has 0 aromatic heterocycles. The molecule has 2 N–H and O–H groups in total. The number of carbonyl (C=O) groups excluding carboxylic acids is 3. The number of hydrogen-bond donors (Lipinski definition) is 2. The van der Waals surface area contributed by atoms with Gasteiger partial charge in [0.2, 0.25) is 11.8 Å². The largest absolute Gasteiger partial charge is 0.453 e. The minimum Gasteiger partial charge on any atom is -0.453 e. The Morgan fingerprint density at radius 1 is 1.19 bits per heavy atom. The van der Waals surface area contributed by atoms with Gasteiger partial charge in [-0.05, 0) is 24.5 Å². The minimum atomic E-state index is -0.855. The van der Waals surface area contributed by atoms with Crippen molar-refractivity contribution in [2.24, 2.45) is 11.1 Å². The lowest BCUT2D eigenvalue weighted by atomic mass is 10.0. The Hall–Kier alpha value is -2.97. The number of benzene rings is 1. The van der Waals surface area contributed by atoms with Gasteiger partial charge in [0.1, 0.15) is 6.04 Å². The van der Waals surface area contributed by atoms with Crippen molar-refractivity contribution in [3.8, 4) is 0 Å². The van der Waals surface area contributed by atoms with E-state index < -0.39 is 18.0 Å². The minimum absolute atomic E-state index is 0.0286. The Morgan fingerprint density at radius 2 is 1.85 bits per heavy atom. The number of para-hydroxylation sites is 1. The molecule has 0 saturated carbocycles. The first kappa shape index (κ1) is 22.1. The first-order chi connectivity index (χ1) is 12.9. The fraction of sp³-hybridized carbons (Fsp3) is 0.500. The lowest BCUT2D eigenvalue weighted by Crippen LogP contribution is -2.53. The number of nitrogens with one attached hydrogen (secondary N) is 2. The lowest BCUT2D eigenvalue weighted by Gasteiger charge is -2.29. The van der Waals surface area contributed by atoms with Gasteiger partial charge in [-0.3, -0.25) is 9.59 Å². The first-order valence-corrected chi connectivity index (χ1v) is 8.66. The Balaban J connectivity index is 2.86. The highest BCUT2D eigenvalue weighted by atomic mass is 16.5. The molecule has 9 nitrogen and oxygen atoms in total. The summed E-state index contributed by atoms with van der Waals surface area (Å²) in [5.41, 5.74) is 0.609. The molecule has 9 heteroatoms. The van der Waals surface area contributed by atoms with E-state index in [0.29, 0.717) is 12.1 Å². The van der Waals surface area contributed by atoms with Crippen molar-refractivity contribution in [2.75, 3.05) is 32.1 Å².